The van der Waals surface area contributed by atoms with E-state index in [1.807, 2.05) is 12.2 Å². The van der Waals surface area contributed by atoms with Gasteiger partial charge in [-0.2, -0.15) is 0 Å². The number of hydrogen-bond acceptors (Lipinski definition) is 4. The maximum atomic E-state index is 12.1. The Morgan fingerprint density at radius 2 is 1.92 bits per heavy atom. The highest BCUT2D eigenvalue weighted by Crippen LogP contribution is 2.33. The van der Waals surface area contributed by atoms with Gasteiger partial charge >= 0.3 is 5.97 Å². The molecule has 140 valence electrons. The molecular formula is C20H30O5. The van der Waals surface area contributed by atoms with Gasteiger partial charge in [0.15, 0.2) is 5.78 Å². The monoisotopic (exact) mass is 350 g/mol. The van der Waals surface area contributed by atoms with E-state index in [9.17, 15) is 19.5 Å². The van der Waals surface area contributed by atoms with E-state index in [4.69, 9.17) is 5.11 Å². The zero-order chi connectivity index (χ0) is 18.7. The van der Waals surface area contributed by atoms with Crippen molar-refractivity contribution in [3.8, 4) is 0 Å². The molecule has 1 rings (SSSR count). The molecule has 1 aliphatic rings. The maximum absolute atomic E-state index is 12.1. The van der Waals surface area contributed by atoms with Gasteiger partial charge in [0.2, 0.25) is 0 Å². The molecule has 0 bridgehead atoms. The van der Waals surface area contributed by atoms with E-state index in [1.165, 1.54) is 6.08 Å². The lowest BCUT2D eigenvalue weighted by Crippen LogP contribution is -2.18. The lowest BCUT2D eigenvalue weighted by Gasteiger charge is -2.15. The van der Waals surface area contributed by atoms with Crippen LogP contribution in [-0.2, 0) is 14.4 Å². The Morgan fingerprint density at radius 1 is 1.16 bits per heavy atom. The highest BCUT2D eigenvalue weighted by atomic mass is 16.4. The summed E-state index contributed by atoms with van der Waals surface area (Å²) in [6.45, 7) is 2.08. The van der Waals surface area contributed by atoms with Crippen LogP contribution in [0.25, 0.3) is 0 Å². The highest BCUT2D eigenvalue weighted by molar-refractivity contribution is 5.90. The number of hydrogen-bond donors (Lipinski definition) is 2. The van der Waals surface area contributed by atoms with Gasteiger partial charge in [-0.3, -0.25) is 14.4 Å². The molecular weight excluding hydrogens is 320 g/mol. The molecule has 0 aliphatic heterocycles. The Labute approximate surface area is 149 Å². The number of carbonyl (C=O) groups is 3. The molecule has 1 fully saturated rings. The maximum Gasteiger partial charge on any atom is 0.303 e. The summed E-state index contributed by atoms with van der Waals surface area (Å²) >= 11 is 0. The molecule has 0 amide bonds. The van der Waals surface area contributed by atoms with E-state index >= 15 is 0 Å². The fourth-order valence-electron chi connectivity index (χ4n) is 3.11. The van der Waals surface area contributed by atoms with Gasteiger partial charge in [-0.25, -0.2) is 0 Å². The van der Waals surface area contributed by atoms with Crippen LogP contribution in [0.1, 0.15) is 64.7 Å². The third kappa shape index (κ3) is 8.25. The lowest BCUT2D eigenvalue weighted by molar-refractivity contribution is -0.137. The molecule has 25 heavy (non-hydrogen) atoms. The van der Waals surface area contributed by atoms with Gasteiger partial charge in [0.1, 0.15) is 5.78 Å². The van der Waals surface area contributed by atoms with E-state index in [-0.39, 0.29) is 36.2 Å². The fraction of sp³-hybridized carbons (Fsp3) is 0.650. The van der Waals surface area contributed by atoms with E-state index < -0.39 is 12.1 Å². The molecule has 1 aliphatic carbocycles. The average Bonchev–Trinajstić information content (AvgIpc) is 2.82. The van der Waals surface area contributed by atoms with E-state index in [0.717, 1.165) is 19.3 Å². The molecule has 3 atom stereocenters. The predicted octanol–water partition coefficient (Wildman–Crippen LogP) is 3.46. The molecule has 5 nitrogen and oxygen atoms in total. The zero-order valence-electron chi connectivity index (χ0n) is 15.0. The number of carboxylic acid groups (broad SMARTS) is 1. The fourth-order valence-corrected chi connectivity index (χ4v) is 3.11. The number of unbranched alkanes of at least 4 members (excludes halogenated alkanes) is 3. The Hall–Kier alpha value is -1.75. The van der Waals surface area contributed by atoms with Crippen molar-refractivity contribution in [3.63, 3.8) is 0 Å². The molecule has 0 unspecified atom stereocenters. The first-order valence-electron chi connectivity index (χ1n) is 9.24. The van der Waals surface area contributed by atoms with Gasteiger partial charge in [0.05, 0.1) is 6.10 Å². The molecule has 0 radical (unpaired) electrons. The van der Waals surface area contributed by atoms with Crippen molar-refractivity contribution in [3.05, 3.63) is 24.3 Å². The van der Waals surface area contributed by atoms with Crippen molar-refractivity contribution in [1.29, 1.82) is 0 Å². The van der Waals surface area contributed by atoms with Crippen LogP contribution in [0.2, 0.25) is 0 Å². The first-order chi connectivity index (χ1) is 12.0. The van der Waals surface area contributed by atoms with Gasteiger partial charge in [0.25, 0.3) is 0 Å². The van der Waals surface area contributed by atoms with Gasteiger partial charge in [-0.15, -0.1) is 0 Å². The van der Waals surface area contributed by atoms with Gasteiger partial charge in [0, 0.05) is 31.1 Å². The molecule has 2 N–H and O–H groups in total. The molecule has 0 heterocycles. The van der Waals surface area contributed by atoms with Crippen LogP contribution in [0.5, 0.6) is 0 Å². The van der Waals surface area contributed by atoms with Crippen molar-refractivity contribution in [2.45, 2.75) is 70.8 Å². The zero-order valence-corrected chi connectivity index (χ0v) is 15.0. The molecule has 0 aromatic carbocycles. The van der Waals surface area contributed by atoms with Crippen LogP contribution in [0.4, 0.5) is 0 Å². The minimum Gasteiger partial charge on any atom is -0.481 e. The van der Waals surface area contributed by atoms with Crippen LogP contribution < -0.4 is 0 Å². The van der Waals surface area contributed by atoms with Crippen LogP contribution in [0.3, 0.4) is 0 Å². The third-order valence-electron chi connectivity index (χ3n) is 4.58. The summed E-state index contributed by atoms with van der Waals surface area (Å²) in [5, 5.41) is 18.7. The summed E-state index contributed by atoms with van der Waals surface area (Å²) in [7, 11) is 0. The minimum atomic E-state index is -0.809. The Morgan fingerprint density at radius 3 is 2.60 bits per heavy atom. The van der Waals surface area contributed by atoms with Crippen molar-refractivity contribution >= 4 is 17.5 Å². The number of aliphatic carboxylic acids is 1. The summed E-state index contributed by atoms with van der Waals surface area (Å²) in [5.41, 5.74) is 0. The number of rotatable bonds is 12. The third-order valence-corrected chi connectivity index (χ3v) is 4.58. The second kappa shape index (κ2) is 11.7. The van der Waals surface area contributed by atoms with Crippen LogP contribution in [-0.4, -0.2) is 33.9 Å². The Bertz CT molecular complexity index is 506. The normalized spacial score (nSPS) is 23.8. The predicted molar refractivity (Wildman–Crippen MR) is 96.1 cm³/mol. The second-order valence-corrected chi connectivity index (χ2v) is 6.70. The van der Waals surface area contributed by atoms with Crippen LogP contribution >= 0.6 is 0 Å². The van der Waals surface area contributed by atoms with E-state index in [2.05, 4.69) is 6.92 Å². The standard InChI is InChI=1S/C20H30O5/c1-2-3-6-9-15(21)12-13-17-16(18(22)14-19(17)23)10-7-4-5-8-11-20(24)25/h4,7,12-13,16-17,19,23H,2-3,5-6,8-11,14H2,1H3,(H,24,25)/b7-4-,13-12+/t16-,17+,19-/m0/s1. The van der Waals surface area contributed by atoms with E-state index in [0.29, 0.717) is 25.7 Å². The molecule has 5 heteroatoms. The summed E-state index contributed by atoms with van der Waals surface area (Å²) < 4.78 is 0. The second-order valence-electron chi connectivity index (χ2n) is 6.70. The number of aliphatic hydroxyl groups is 1. The van der Waals surface area contributed by atoms with Crippen molar-refractivity contribution in [2.75, 3.05) is 0 Å². The number of allylic oxidation sites excluding steroid dienone is 3. The van der Waals surface area contributed by atoms with E-state index in [1.54, 1.807) is 6.08 Å². The number of aliphatic hydroxyl groups excluding tert-OH is 1. The van der Waals surface area contributed by atoms with Gasteiger partial charge in [-0.05, 0) is 31.8 Å². The quantitative estimate of drug-likeness (QED) is 0.319. The largest absolute Gasteiger partial charge is 0.481 e. The molecule has 0 aromatic heterocycles. The molecule has 0 spiro atoms. The number of Topliss-reactive ketones (excluding diaryl/α,β-unsaturated/α-hetero) is 1. The van der Waals surface area contributed by atoms with Crippen molar-refractivity contribution in [2.24, 2.45) is 11.8 Å². The van der Waals surface area contributed by atoms with Crippen molar-refractivity contribution in [1.82, 2.24) is 0 Å². The van der Waals surface area contributed by atoms with Crippen LogP contribution in [0.15, 0.2) is 24.3 Å². The Balaban J connectivity index is 2.49. The summed E-state index contributed by atoms with van der Waals surface area (Å²) in [6.07, 6.45) is 11.8. The lowest BCUT2D eigenvalue weighted by atomic mass is 9.90. The number of carboxylic acids is 1. The molecule has 0 saturated heterocycles. The molecule has 0 aromatic rings. The number of ketones is 2. The highest BCUT2D eigenvalue weighted by Gasteiger charge is 2.39. The smallest absolute Gasteiger partial charge is 0.303 e. The van der Waals surface area contributed by atoms with Gasteiger partial charge in [-0.1, -0.05) is 38.0 Å². The minimum absolute atomic E-state index is 0.0239. The summed E-state index contributed by atoms with van der Waals surface area (Å²) in [6, 6.07) is 0. The summed E-state index contributed by atoms with van der Waals surface area (Å²) in [4.78, 5) is 34.4. The Kier molecular flexibility index (Phi) is 10.0. The van der Waals surface area contributed by atoms with Crippen molar-refractivity contribution < 1.29 is 24.6 Å². The first-order valence-corrected chi connectivity index (χ1v) is 9.24. The summed E-state index contributed by atoms with van der Waals surface area (Å²) in [5.74, 6) is -1.35. The number of carbonyl (C=O) groups excluding carboxylic acids is 2. The first kappa shape index (κ1) is 21.3. The topological polar surface area (TPSA) is 91.7 Å². The average molecular weight is 350 g/mol. The SMILES string of the molecule is CCCCCC(=O)/C=C/[C@@H]1[C@H](C/C=C\CCCC(=O)O)C(=O)C[C@@H]1O. The molecule has 1 saturated carbocycles. The van der Waals surface area contributed by atoms with Gasteiger partial charge < -0.3 is 10.2 Å². The van der Waals surface area contributed by atoms with Crippen LogP contribution in [0, 0.1) is 11.8 Å².